The number of carbonyl (C=O) groups excluding carboxylic acids is 1. The number of amides is 1. The van der Waals surface area contributed by atoms with E-state index < -0.39 is 0 Å². The van der Waals surface area contributed by atoms with E-state index in [-0.39, 0.29) is 5.91 Å². The molecule has 1 saturated heterocycles. The van der Waals surface area contributed by atoms with Gasteiger partial charge in [0, 0.05) is 44.1 Å². The second-order valence-corrected chi connectivity index (χ2v) is 7.77. The van der Waals surface area contributed by atoms with Crippen LogP contribution in [0.4, 0.5) is 11.4 Å². The average molecular weight is 417 g/mol. The Morgan fingerprint density at radius 2 is 2.00 bits per heavy atom. The van der Waals surface area contributed by atoms with E-state index in [0.717, 1.165) is 47.6 Å². The molecule has 1 aromatic carbocycles. The number of thiazole rings is 1. The maximum Gasteiger partial charge on any atom is 0.274 e. The third kappa shape index (κ3) is 3.72. The monoisotopic (exact) mass is 417 g/mol. The van der Waals surface area contributed by atoms with Crippen molar-refractivity contribution >= 4 is 38.8 Å². The van der Waals surface area contributed by atoms with Gasteiger partial charge in [-0.1, -0.05) is 0 Å². The molecule has 4 heterocycles. The van der Waals surface area contributed by atoms with Crippen LogP contribution in [0.5, 0.6) is 0 Å². The van der Waals surface area contributed by atoms with Crippen molar-refractivity contribution in [3.8, 4) is 11.4 Å². The van der Waals surface area contributed by atoms with Gasteiger partial charge < -0.3 is 15.5 Å². The zero-order chi connectivity index (χ0) is 20.3. The normalized spacial score (nSPS) is 14.1. The van der Waals surface area contributed by atoms with Gasteiger partial charge in [0.05, 0.1) is 33.3 Å². The summed E-state index contributed by atoms with van der Waals surface area (Å²) in [6.07, 6.45) is 5.02. The van der Waals surface area contributed by atoms with Gasteiger partial charge >= 0.3 is 0 Å². The predicted molar refractivity (Wildman–Crippen MR) is 118 cm³/mol. The van der Waals surface area contributed by atoms with Gasteiger partial charge in [0.25, 0.3) is 5.91 Å². The Kier molecular flexibility index (Phi) is 5.04. The molecule has 0 radical (unpaired) electrons. The van der Waals surface area contributed by atoms with E-state index in [4.69, 9.17) is 0 Å². The molecule has 0 atom stereocenters. The molecule has 150 valence electrons. The molecular formula is C21H19N7OS. The van der Waals surface area contributed by atoms with Crippen LogP contribution in [0.2, 0.25) is 0 Å². The summed E-state index contributed by atoms with van der Waals surface area (Å²) in [6.45, 7) is 3.58. The van der Waals surface area contributed by atoms with Crippen LogP contribution in [0, 0.1) is 0 Å². The summed E-state index contributed by atoms with van der Waals surface area (Å²) in [5.74, 6) is 0.216. The van der Waals surface area contributed by atoms with E-state index >= 15 is 0 Å². The molecule has 8 nitrogen and oxygen atoms in total. The number of aromatic nitrogens is 4. The topological polar surface area (TPSA) is 95.9 Å². The fraction of sp³-hybridized carbons (Fsp3) is 0.190. The molecule has 0 saturated carbocycles. The average Bonchev–Trinajstić information content (AvgIpc) is 3.28. The number of carbonyl (C=O) groups is 1. The van der Waals surface area contributed by atoms with Gasteiger partial charge in [-0.25, -0.2) is 15.0 Å². The summed E-state index contributed by atoms with van der Waals surface area (Å²) in [6, 6.07) is 9.39. The molecule has 9 heteroatoms. The standard InChI is InChI=1S/C21H19N7OS/c29-21(27-17-12-23-5-4-18(17)28-9-7-22-8-10-28)16-3-6-24-20(26-16)14-1-2-15-19(11-14)30-13-25-15/h1-6,11-13,22H,7-10H2,(H,27,29). The summed E-state index contributed by atoms with van der Waals surface area (Å²) in [4.78, 5) is 32.5. The molecule has 3 aromatic heterocycles. The predicted octanol–water partition coefficient (Wildman–Crippen LogP) is 2.81. The number of piperazine rings is 1. The highest BCUT2D eigenvalue weighted by molar-refractivity contribution is 7.16. The number of rotatable bonds is 4. The fourth-order valence-electron chi connectivity index (χ4n) is 3.47. The molecule has 4 aromatic rings. The van der Waals surface area contributed by atoms with Crippen LogP contribution >= 0.6 is 11.3 Å². The number of fused-ring (bicyclic) bond motifs is 1. The zero-order valence-corrected chi connectivity index (χ0v) is 16.9. The van der Waals surface area contributed by atoms with Gasteiger partial charge in [0.1, 0.15) is 5.69 Å². The van der Waals surface area contributed by atoms with Gasteiger partial charge in [0.15, 0.2) is 5.82 Å². The maximum absolute atomic E-state index is 12.9. The third-order valence-corrected chi connectivity index (χ3v) is 5.77. The van der Waals surface area contributed by atoms with E-state index in [2.05, 4.69) is 35.5 Å². The summed E-state index contributed by atoms with van der Waals surface area (Å²) < 4.78 is 1.06. The Morgan fingerprint density at radius 3 is 2.90 bits per heavy atom. The quantitative estimate of drug-likeness (QED) is 0.527. The van der Waals surface area contributed by atoms with Gasteiger partial charge in [-0.05, 0) is 30.3 Å². The van der Waals surface area contributed by atoms with E-state index in [9.17, 15) is 4.79 Å². The van der Waals surface area contributed by atoms with Gasteiger partial charge in [-0.15, -0.1) is 11.3 Å². The molecule has 0 unspecified atom stereocenters. The molecule has 2 N–H and O–H groups in total. The molecule has 0 spiro atoms. The minimum atomic E-state index is -0.290. The van der Waals surface area contributed by atoms with Crippen molar-refractivity contribution in [1.82, 2.24) is 25.3 Å². The Bertz CT molecular complexity index is 1200. The van der Waals surface area contributed by atoms with Crippen LogP contribution in [0.15, 0.2) is 54.4 Å². The fourth-order valence-corrected chi connectivity index (χ4v) is 4.19. The molecule has 30 heavy (non-hydrogen) atoms. The highest BCUT2D eigenvalue weighted by atomic mass is 32.1. The van der Waals surface area contributed by atoms with E-state index in [1.807, 2.05) is 29.8 Å². The Balaban J connectivity index is 1.40. The smallest absolute Gasteiger partial charge is 0.274 e. The van der Waals surface area contributed by atoms with Crippen LogP contribution in [-0.2, 0) is 0 Å². The lowest BCUT2D eigenvalue weighted by molar-refractivity contribution is 0.102. The Hall–Kier alpha value is -3.43. The molecule has 1 aliphatic rings. The van der Waals surface area contributed by atoms with Crippen molar-refractivity contribution < 1.29 is 4.79 Å². The van der Waals surface area contributed by atoms with Crippen molar-refractivity contribution in [3.63, 3.8) is 0 Å². The summed E-state index contributed by atoms with van der Waals surface area (Å²) in [5.41, 5.74) is 5.54. The number of nitrogens with one attached hydrogen (secondary N) is 2. The second kappa shape index (κ2) is 8.13. The summed E-state index contributed by atoms with van der Waals surface area (Å²) in [5, 5.41) is 6.30. The van der Waals surface area contributed by atoms with Crippen molar-refractivity contribution in [3.05, 3.63) is 60.1 Å². The molecule has 0 aliphatic carbocycles. The van der Waals surface area contributed by atoms with E-state index in [0.29, 0.717) is 17.2 Å². The first kappa shape index (κ1) is 18.6. The molecule has 1 fully saturated rings. The zero-order valence-electron chi connectivity index (χ0n) is 16.1. The molecular weight excluding hydrogens is 398 g/mol. The van der Waals surface area contributed by atoms with Crippen LogP contribution in [0.3, 0.4) is 0 Å². The van der Waals surface area contributed by atoms with Crippen LogP contribution < -0.4 is 15.5 Å². The van der Waals surface area contributed by atoms with Gasteiger partial charge in [-0.3, -0.25) is 9.78 Å². The SMILES string of the molecule is O=C(Nc1cnccc1N1CCNCC1)c1ccnc(-c2ccc3ncsc3c2)n1. The van der Waals surface area contributed by atoms with Gasteiger partial charge in [-0.2, -0.15) is 0 Å². The Labute approximate surface area is 177 Å². The van der Waals surface area contributed by atoms with Gasteiger partial charge in [0.2, 0.25) is 0 Å². The van der Waals surface area contributed by atoms with Crippen molar-refractivity contribution in [2.75, 3.05) is 36.4 Å². The van der Waals surface area contributed by atoms with E-state index in [1.165, 1.54) is 0 Å². The first-order chi connectivity index (χ1) is 14.8. The molecule has 5 rings (SSSR count). The number of nitrogens with zero attached hydrogens (tertiary/aromatic N) is 5. The lowest BCUT2D eigenvalue weighted by atomic mass is 10.2. The highest BCUT2D eigenvalue weighted by Crippen LogP contribution is 2.26. The lowest BCUT2D eigenvalue weighted by Crippen LogP contribution is -2.43. The maximum atomic E-state index is 12.9. The van der Waals surface area contributed by atoms with Crippen molar-refractivity contribution in [2.24, 2.45) is 0 Å². The first-order valence-electron chi connectivity index (χ1n) is 9.66. The highest BCUT2D eigenvalue weighted by Gasteiger charge is 2.17. The molecule has 0 bridgehead atoms. The largest absolute Gasteiger partial charge is 0.367 e. The number of hydrogen-bond acceptors (Lipinski definition) is 8. The second-order valence-electron chi connectivity index (χ2n) is 6.88. The number of anilines is 2. The lowest BCUT2D eigenvalue weighted by Gasteiger charge is -2.30. The number of pyridine rings is 1. The summed E-state index contributed by atoms with van der Waals surface area (Å²) in [7, 11) is 0. The van der Waals surface area contributed by atoms with Crippen molar-refractivity contribution in [1.29, 1.82) is 0 Å². The van der Waals surface area contributed by atoms with Crippen LogP contribution in [0.1, 0.15) is 10.5 Å². The van der Waals surface area contributed by atoms with Crippen LogP contribution in [-0.4, -0.2) is 52.0 Å². The van der Waals surface area contributed by atoms with Crippen molar-refractivity contribution in [2.45, 2.75) is 0 Å². The van der Waals surface area contributed by atoms with E-state index in [1.54, 1.807) is 36.0 Å². The Morgan fingerprint density at radius 1 is 1.10 bits per heavy atom. The minimum absolute atomic E-state index is 0.290. The first-order valence-corrected chi connectivity index (χ1v) is 10.5. The van der Waals surface area contributed by atoms with Crippen LogP contribution in [0.25, 0.3) is 21.6 Å². The molecule has 1 amide bonds. The third-order valence-electron chi connectivity index (χ3n) is 4.98. The number of benzene rings is 1. The minimum Gasteiger partial charge on any atom is -0.367 e. The summed E-state index contributed by atoms with van der Waals surface area (Å²) >= 11 is 1.56. The molecule has 1 aliphatic heterocycles. The number of hydrogen-bond donors (Lipinski definition) is 2.